The topological polar surface area (TPSA) is 121 Å². The van der Waals surface area contributed by atoms with Gasteiger partial charge in [-0.05, 0) is 67.6 Å². The Morgan fingerprint density at radius 1 is 1.18 bits per heavy atom. The zero-order valence-electron chi connectivity index (χ0n) is 21.6. The fourth-order valence-corrected chi connectivity index (χ4v) is 7.41. The van der Waals surface area contributed by atoms with Crippen molar-refractivity contribution in [2.75, 3.05) is 20.2 Å². The monoisotopic (exact) mass is 540 g/mol. The van der Waals surface area contributed by atoms with E-state index in [1.165, 1.54) is 0 Å². The van der Waals surface area contributed by atoms with E-state index in [1.807, 2.05) is 0 Å². The van der Waals surface area contributed by atoms with E-state index in [0.717, 1.165) is 18.2 Å². The van der Waals surface area contributed by atoms with Crippen molar-refractivity contribution >= 4 is 46.0 Å². The Kier molecular flexibility index (Phi) is 6.37. The van der Waals surface area contributed by atoms with Gasteiger partial charge < -0.3 is 25.3 Å². The van der Waals surface area contributed by atoms with Gasteiger partial charge in [0, 0.05) is 35.8 Å². The summed E-state index contributed by atoms with van der Waals surface area (Å²) < 4.78 is 5.45. The number of aromatic nitrogens is 1. The summed E-state index contributed by atoms with van der Waals surface area (Å²) in [5.74, 6) is 1.10. The summed E-state index contributed by atoms with van der Waals surface area (Å²) in [6, 6.07) is 3.80. The molecule has 2 aliphatic heterocycles. The number of ether oxygens (including phenoxy) is 1. The molecular weight excluding hydrogens is 508 g/mol. The molecule has 7 unspecified atom stereocenters. The van der Waals surface area contributed by atoms with Crippen LogP contribution in [0.25, 0.3) is 10.9 Å². The van der Waals surface area contributed by atoms with E-state index < -0.39 is 12.1 Å². The summed E-state index contributed by atoms with van der Waals surface area (Å²) in [6.07, 6.45) is 3.28. The summed E-state index contributed by atoms with van der Waals surface area (Å²) in [7, 11) is 1.55. The molecular formula is C28H33ClN4O5. The number of H-pyrrole nitrogens is 1. The van der Waals surface area contributed by atoms with Crippen molar-refractivity contribution in [1.82, 2.24) is 20.5 Å². The molecule has 4 fully saturated rings. The molecule has 202 valence electrons. The number of methoxy groups -OCH3 is 1. The highest BCUT2D eigenvalue weighted by molar-refractivity contribution is 6.31. The molecule has 3 heterocycles. The molecule has 9 nitrogen and oxygen atoms in total. The predicted molar refractivity (Wildman–Crippen MR) is 141 cm³/mol. The van der Waals surface area contributed by atoms with Crippen molar-refractivity contribution in [1.29, 1.82) is 0 Å². The second-order valence-corrected chi connectivity index (χ2v) is 11.7. The molecule has 2 saturated carbocycles. The summed E-state index contributed by atoms with van der Waals surface area (Å²) in [4.78, 5) is 57.6. The molecule has 2 aliphatic carbocycles. The van der Waals surface area contributed by atoms with Gasteiger partial charge in [0.05, 0.1) is 18.7 Å². The average Bonchev–Trinajstić information content (AvgIpc) is 3.25. The number of hydrogen-bond acceptors (Lipinski definition) is 5. The number of fused-ring (bicyclic) bond motifs is 4. The maximum Gasteiger partial charge on any atom is 0.271 e. The molecule has 4 aliphatic rings. The number of benzene rings is 1. The molecule has 38 heavy (non-hydrogen) atoms. The second-order valence-electron chi connectivity index (χ2n) is 11.3. The van der Waals surface area contributed by atoms with Crippen LogP contribution in [0.5, 0.6) is 5.75 Å². The van der Waals surface area contributed by atoms with E-state index >= 15 is 0 Å². The van der Waals surface area contributed by atoms with Crippen LogP contribution >= 0.6 is 11.6 Å². The van der Waals surface area contributed by atoms with Crippen LogP contribution in [0.4, 0.5) is 0 Å². The lowest BCUT2D eigenvalue weighted by Crippen LogP contribution is -2.53. The Balaban J connectivity index is 1.27. The third-order valence-corrected chi connectivity index (χ3v) is 9.40. The first-order chi connectivity index (χ1) is 18.3. The molecule has 2 saturated heterocycles. The standard InChI is InChI=1S/C28H33ClN4O5/c1-3-23(34)21(8-13-4-5-30-26(13)35)32-27(36)25-17-7-14-6-16(14)19(17)12-33(25)28(37)22-11-18-20(31-22)9-15(29)10-24(18)38-2/h9-11,13-14,16-17,19,21,25,31H,3-8,12H2,1-2H3,(H,30,35)(H,32,36). The van der Waals surface area contributed by atoms with Crippen molar-refractivity contribution < 1.29 is 23.9 Å². The van der Waals surface area contributed by atoms with Gasteiger partial charge in [-0.1, -0.05) is 18.5 Å². The first kappa shape index (κ1) is 25.2. The number of ketones is 1. The van der Waals surface area contributed by atoms with Gasteiger partial charge in [0.1, 0.15) is 17.5 Å². The number of likely N-dealkylation sites (tertiary alicyclic amines) is 1. The number of nitrogens with one attached hydrogen (secondary N) is 3. The number of rotatable bonds is 8. The number of carbonyl (C=O) groups is 4. The van der Waals surface area contributed by atoms with Crippen LogP contribution < -0.4 is 15.4 Å². The van der Waals surface area contributed by atoms with Crippen LogP contribution in [-0.2, 0) is 14.4 Å². The lowest BCUT2D eigenvalue weighted by Gasteiger charge is -2.29. The minimum Gasteiger partial charge on any atom is -0.496 e. The number of amides is 3. The van der Waals surface area contributed by atoms with Crippen molar-refractivity contribution in [3.8, 4) is 5.75 Å². The van der Waals surface area contributed by atoms with Crippen molar-refractivity contribution in [3.63, 3.8) is 0 Å². The van der Waals surface area contributed by atoms with E-state index in [4.69, 9.17) is 16.3 Å². The molecule has 10 heteroatoms. The van der Waals surface area contributed by atoms with E-state index in [0.29, 0.717) is 53.3 Å². The molecule has 0 bridgehead atoms. The minimum atomic E-state index is -0.743. The van der Waals surface area contributed by atoms with E-state index in [2.05, 4.69) is 15.6 Å². The highest BCUT2D eigenvalue weighted by Gasteiger charge is 2.62. The van der Waals surface area contributed by atoms with Crippen molar-refractivity contribution in [2.24, 2.45) is 29.6 Å². The van der Waals surface area contributed by atoms with Crippen LogP contribution in [0.1, 0.15) is 49.5 Å². The van der Waals surface area contributed by atoms with Crippen LogP contribution in [0, 0.1) is 29.6 Å². The van der Waals surface area contributed by atoms with Gasteiger partial charge in [-0.25, -0.2) is 0 Å². The lowest BCUT2D eigenvalue weighted by molar-refractivity contribution is -0.132. The van der Waals surface area contributed by atoms with Gasteiger partial charge in [-0.2, -0.15) is 0 Å². The van der Waals surface area contributed by atoms with E-state index in [1.54, 1.807) is 37.1 Å². The lowest BCUT2D eigenvalue weighted by atomic mass is 9.88. The number of carbonyl (C=O) groups excluding carboxylic acids is 4. The molecule has 3 N–H and O–H groups in total. The molecule has 6 rings (SSSR count). The summed E-state index contributed by atoms with van der Waals surface area (Å²) in [5, 5.41) is 7.02. The van der Waals surface area contributed by atoms with Gasteiger partial charge in [-0.3, -0.25) is 19.2 Å². The van der Waals surface area contributed by atoms with Crippen molar-refractivity contribution in [2.45, 2.75) is 51.1 Å². The highest BCUT2D eigenvalue weighted by Crippen LogP contribution is 2.62. The highest BCUT2D eigenvalue weighted by atomic mass is 35.5. The van der Waals surface area contributed by atoms with Crippen LogP contribution in [0.2, 0.25) is 5.02 Å². The fourth-order valence-electron chi connectivity index (χ4n) is 7.20. The van der Waals surface area contributed by atoms with Gasteiger partial charge >= 0.3 is 0 Å². The Morgan fingerprint density at radius 2 is 1.97 bits per heavy atom. The molecule has 0 radical (unpaired) electrons. The normalized spacial score (nSPS) is 30.1. The Bertz CT molecular complexity index is 1320. The number of hydrogen-bond donors (Lipinski definition) is 3. The Labute approximate surface area is 226 Å². The summed E-state index contributed by atoms with van der Waals surface area (Å²) >= 11 is 6.22. The molecule has 1 aromatic carbocycles. The number of halogens is 1. The predicted octanol–water partition coefficient (Wildman–Crippen LogP) is 2.92. The largest absolute Gasteiger partial charge is 0.496 e. The third-order valence-electron chi connectivity index (χ3n) is 9.18. The second kappa shape index (κ2) is 9.59. The minimum absolute atomic E-state index is 0.0724. The summed E-state index contributed by atoms with van der Waals surface area (Å²) in [5.41, 5.74) is 1.05. The maximum absolute atomic E-state index is 13.9. The molecule has 3 amide bonds. The van der Waals surface area contributed by atoms with Gasteiger partial charge in [0.25, 0.3) is 5.91 Å². The Hall–Kier alpha value is -3.07. The van der Waals surface area contributed by atoms with Gasteiger partial charge in [0.15, 0.2) is 5.78 Å². The van der Waals surface area contributed by atoms with Gasteiger partial charge in [0.2, 0.25) is 11.8 Å². The fraction of sp³-hybridized carbons (Fsp3) is 0.571. The first-order valence-electron chi connectivity index (χ1n) is 13.6. The quantitative estimate of drug-likeness (QED) is 0.475. The molecule has 7 atom stereocenters. The third kappa shape index (κ3) is 4.25. The molecule has 2 aromatic rings. The Morgan fingerprint density at radius 3 is 2.68 bits per heavy atom. The van der Waals surface area contributed by atoms with Crippen LogP contribution in [0.15, 0.2) is 18.2 Å². The maximum atomic E-state index is 13.9. The number of Topliss-reactive ketones (excluding diaryl/α,β-unsaturated/α-hetero) is 1. The van der Waals surface area contributed by atoms with E-state index in [-0.39, 0.29) is 54.1 Å². The summed E-state index contributed by atoms with van der Waals surface area (Å²) in [6.45, 7) is 2.87. The van der Waals surface area contributed by atoms with Crippen LogP contribution in [-0.4, -0.2) is 65.7 Å². The zero-order valence-corrected chi connectivity index (χ0v) is 22.3. The molecule has 0 spiro atoms. The smallest absolute Gasteiger partial charge is 0.271 e. The average molecular weight is 541 g/mol. The van der Waals surface area contributed by atoms with Crippen LogP contribution in [0.3, 0.4) is 0 Å². The van der Waals surface area contributed by atoms with E-state index in [9.17, 15) is 19.2 Å². The molecule has 1 aromatic heterocycles. The zero-order chi connectivity index (χ0) is 26.7. The first-order valence-corrected chi connectivity index (χ1v) is 13.9. The van der Waals surface area contributed by atoms with Gasteiger partial charge in [-0.15, -0.1) is 0 Å². The van der Waals surface area contributed by atoms with Crippen molar-refractivity contribution in [3.05, 3.63) is 28.9 Å². The number of nitrogens with zero attached hydrogens (tertiary/aromatic N) is 1. The SMILES string of the molecule is CCC(=O)C(CC1CCNC1=O)NC(=O)C1C2CC3CC3C2CN1C(=O)c1cc2c(OC)cc(Cl)cc2[nH]1. The number of aromatic amines is 1.